The number of halogens is 1. The monoisotopic (exact) mass is 236 g/mol. The molecule has 6 heteroatoms. The van der Waals surface area contributed by atoms with Crippen molar-refractivity contribution in [2.75, 3.05) is 13.2 Å². The first-order valence-electron chi connectivity index (χ1n) is 5.00. The van der Waals surface area contributed by atoms with Gasteiger partial charge in [-0.1, -0.05) is 0 Å². The van der Waals surface area contributed by atoms with Crippen molar-refractivity contribution in [2.45, 2.75) is 35.4 Å². The van der Waals surface area contributed by atoms with Gasteiger partial charge < -0.3 is 24.8 Å². The number of aliphatic hydroxyl groups is 3. The molecule has 6 unspecified atom stereocenters. The van der Waals surface area contributed by atoms with Gasteiger partial charge in [0.15, 0.2) is 6.29 Å². The molecular weight excluding hydrogens is 224 g/mol. The lowest BCUT2D eigenvalue weighted by atomic mass is 9.80. The van der Waals surface area contributed by atoms with Gasteiger partial charge in [0.2, 0.25) is 0 Å². The van der Waals surface area contributed by atoms with Gasteiger partial charge >= 0.3 is 0 Å². The smallest absolute Gasteiger partial charge is 0.166 e. The quantitative estimate of drug-likeness (QED) is 0.462. The van der Waals surface area contributed by atoms with Gasteiger partial charge in [0, 0.05) is 6.42 Å². The van der Waals surface area contributed by atoms with Crippen molar-refractivity contribution >= 4 is 11.6 Å². The Hall–Kier alpha value is 0.0900. The van der Waals surface area contributed by atoms with Gasteiger partial charge in [-0.3, -0.25) is 0 Å². The van der Waals surface area contributed by atoms with Crippen LogP contribution in [0.1, 0.15) is 6.42 Å². The second-order valence-electron chi connectivity index (χ2n) is 4.61. The molecule has 2 heterocycles. The van der Waals surface area contributed by atoms with Gasteiger partial charge in [-0.2, -0.15) is 0 Å². The van der Waals surface area contributed by atoms with E-state index in [4.69, 9.17) is 21.1 Å². The third kappa shape index (κ3) is 1.01. The Labute approximate surface area is 91.6 Å². The molecule has 2 saturated heterocycles. The zero-order valence-corrected chi connectivity index (χ0v) is 8.72. The maximum Gasteiger partial charge on any atom is 0.166 e. The molecule has 2 aliphatic heterocycles. The van der Waals surface area contributed by atoms with E-state index in [1.807, 2.05) is 0 Å². The van der Waals surface area contributed by atoms with Crippen LogP contribution in [0.2, 0.25) is 0 Å². The lowest BCUT2D eigenvalue weighted by Crippen LogP contribution is -2.54. The number of rotatable bonds is 0. The first kappa shape index (κ1) is 10.3. The average molecular weight is 237 g/mol. The fraction of sp³-hybridized carbons (Fsp3) is 1.00. The Morgan fingerprint density at radius 1 is 1.20 bits per heavy atom. The minimum absolute atomic E-state index is 0.00410. The van der Waals surface area contributed by atoms with E-state index < -0.39 is 34.9 Å². The molecule has 15 heavy (non-hydrogen) atoms. The van der Waals surface area contributed by atoms with Crippen molar-refractivity contribution in [3.8, 4) is 0 Å². The van der Waals surface area contributed by atoms with Gasteiger partial charge in [0.05, 0.1) is 24.5 Å². The summed E-state index contributed by atoms with van der Waals surface area (Å²) in [6.07, 6.45) is -1.53. The van der Waals surface area contributed by atoms with Crippen LogP contribution in [-0.4, -0.2) is 57.5 Å². The van der Waals surface area contributed by atoms with E-state index in [1.54, 1.807) is 0 Å². The standard InChI is InChI=1S/C9H13ClO5/c10-5-6(11)8(12)1-2-14-7-4(8)9(5,13)3-15-7/h4-7,11-13H,1-3H2. The van der Waals surface area contributed by atoms with Crippen LogP contribution in [0.3, 0.4) is 0 Å². The molecule has 0 radical (unpaired) electrons. The molecule has 6 atom stereocenters. The van der Waals surface area contributed by atoms with Gasteiger partial charge in [-0.05, 0) is 0 Å². The Balaban J connectivity index is 2.08. The van der Waals surface area contributed by atoms with E-state index in [0.717, 1.165) is 0 Å². The van der Waals surface area contributed by atoms with Crippen molar-refractivity contribution in [2.24, 2.45) is 5.92 Å². The summed E-state index contributed by atoms with van der Waals surface area (Å²) in [5.41, 5.74) is -2.78. The topological polar surface area (TPSA) is 79.2 Å². The Bertz CT molecular complexity index is 298. The zero-order chi connectivity index (χ0) is 10.8. The molecule has 3 aliphatic rings. The molecule has 0 bridgehead atoms. The summed E-state index contributed by atoms with van der Waals surface area (Å²) in [5, 5.41) is 29.6. The first-order valence-corrected chi connectivity index (χ1v) is 5.44. The summed E-state index contributed by atoms with van der Waals surface area (Å²) in [7, 11) is 0. The molecule has 1 saturated carbocycles. The highest BCUT2D eigenvalue weighted by molar-refractivity contribution is 6.22. The molecule has 86 valence electrons. The average Bonchev–Trinajstić information content (AvgIpc) is 2.63. The van der Waals surface area contributed by atoms with Crippen molar-refractivity contribution in [1.29, 1.82) is 0 Å². The minimum Gasteiger partial charge on any atom is -0.388 e. The van der Waals surface area contributed by atoms with Crippen LogP contribution in [0.4, 0.5) is 0 Å². The zero-order valence-electron chi connectivity index (χ0n) is 7.97. The second kappa shape index (κ2) is 2.85. The fourth-order valence-electron chi connectivity index (χ4n) is 3.05. The highest BCUT2D eigenvalue weighted by Crippen LogP contribution is 2.55. The van der Waals surface area contributed by atoms with Gasteiger partial charge in [0.1, 0.15) is 17.3 Å². The molecule has 3 rings (SSSR count). The molecule has 0 aromatic heterocycles. The number of hydrogen-bond acceptors (Lipinski definition) is 5. The summed E-state index contributed by atoms with van der Waals surface area (Å²) in [6.45, 7) is 0.296. The Morgan fingerprint density at radius 2 is 1.93 bits per heavy atom. The number of aliphatic hydroxyl groups excluding tert-OH is 1. The van der Waals surface area contributed by atoms with Crippen molar-refractivity contribution < 1.29 is 24.8 Å². The maximum atomic E-state index is 10.3. The summed E-state index contributed by atoms with van der Waals surface area (Å²) in [4.78, 5) is 0. The van der Waals surface area contributed by atoms with Crippen LogP contribution in [0.5, 0.6) is 0 Å². The molecule has 3 N–H and O–H groups in total. The molecule has 3 fully saturated rings. The van der Waals surface area contributed by atoms with Crippen LogP contribution < -0.4 is 0 Å². The fourth-order valence-corrected chi connectivity index (χ4v) is 3.47. The van der Waals surface area contributed by atoms with E-state index in [-0.39, 0.29) is 13.0 Å². The van der Waals surface area contributed by atoms with E-state index in [1.165, 1.54) is 0 Å². The van der Waals surface area contributed by atoms with Crippen LogP contribution >= 0.6 is 11.6 Å². The molecule has 5 nitrogen and oxygen atoms in total. The molecule has 0 amide bonds. The number of ether oxygens (including phenoxy) is 2. The van der Waals surface area contributed by atoms with Crippen LogP contribution in [0.15, 0.2) is 0 Å². The van der Waals surface area contributed by atoms with Crippen LogP contribution in [0, 0.1) is 5.92 Å². The Morgan fingerprint density at radius 3 is 2.67 bits per heavy atom. The SMILES string of the molecule is OC1C(Cl)C2(O)COC3OCCC1(O)C32. The molecule has 0 aromatic carbocycles. The van der Waals surface area contributed by atoms with Crippen LogP contribution in [-0.2, 0) is 9.47 Å². The van der Waals surface area contributed by atoms with E-state index in [9.17, 15) is 15.3 Å². The summed E-state index contributed by atoms with van der Waals surface area (Å²) < 4.78 is 10.5. The summed E-state index contributed by atoms with van der Waals surface area (Å²) >= 11 is 5.97. The number of alkyl halides is 1. The van der Waals surface area contributed by atoms with Gasteiger partial charge in [-0.25, -0.2) is 0 Å². The highest BCUT2D eigenvalue weighted by atomic mass is 35.5. The third-order valence-corrected chi connectivity index (χ3v) is 4.50. The van der Waals surface area contributed by atoms with E-state index >= 15 is 0 Å². The lowest BCUT2D eigenvalue weighted by Gasteiger charge is -2.39. The summed E-state index contributed by atoms with van der Waals surface area (Å²) in [5.74, 6) is -0.656. The second-order valence-corrected chi connectivity index (χ2v) is 5.08. The van der Waals surface area contributed by atoms with Crippen molar-refractivity contribution in [3.05, 3.63) is 0 Å². The predicted molar refractivity (Wildman–Crippen MR) is 49.3 cm³/mol. The highest BCUT2D eigenvalue weighted by Gasteiger charge is 2.73. The molecule has 1 aliphatic carbocycles. The van der Waals surface area contributed by atoms with E-state index in [0.29, 0.717) is 6.61 Å². The van der Waals surface area contributed by atoms with Crippen LogP contribution in [0.25, 0.3) is 0 Å². The first-order chi connectivity index (χ1) is 7.00. The maximum absolute atomic E-state index is 10.3. The molecule has 0 aromatic rings. The third-order valence-electron chi connectivity index (χ3n) is 3.88. The lowest BCUT2D eigenvalue weighted by molar-refractivity contribution is -0.231. The Kier molecular flexibility index (Phi) is 1.95. The number of hydrogen-bond donors (Lipinski definition) is 3. The van der Waals surface area contributed by atoms with E-state index in [2.05, 4.69) is 0 Å². The minimum atomic E-state index is -1.39. The van der Waals surface area contributed by atoms with Crippen molar-refractivity contribution in [3.63, 3.8) is 0 Å². The summed E-state index contributed by atoms with van der Waals surface area (Å²) in [6, 6.07) is 0. The largest absolute Gasteiger partial charge is 0.388 e. The molecule has 0 spiro atoms. The van der Waals surface area contributed by atoms with Crippen molar-refractivity contribution in [1.82, 2.24) is 0 Å². The normalized spacial score (nSPS) is 63.2. The molecular formula is C9H13ClO5. The van der Waals surface area contributed by atoms with Gasteiger partial charge in [0.25, 0.3) is 0 Å². The predicted octanol–water partition coefficient (Wildman–Crippen LogP) is -1.18. The van der Waals surface area contributed by atoms with Gasteiger partial charge in [-0.15, -0.1) is 11.6 Å².